The third-order valence-corrected chi connectivity index (χ3v) is 9.85. The van der Waals surface area contributed by atoms with Gasteiger partial charge < -0.3 is 18.9 Å². The lowest BCUT2D eigenvalue weighted by atomic mass is 10.0. The molecule has 0 aliphatic carbocycles. The Bertz CT molecular complexity index is 1480. The van der Waals surface area contributed by atoms with E-state index in [1.807, 2.05) is 24.3 Å². The molecule has 3 aromatic rings. The quantitative estimate of drug-likeness (QED) is 0.322. The Balaban J connectivity index is 0.000000164. The number of hydrogen-bond acceptors (Lipinski definition) is 10. The van der Waals surface area contributed by atoms with Crippen molar-refractivity contribution in [2.45, 2.75) is 49.4 Å². The maximum Gasteiger partial charge on any atom is 0.261 e. The lowest BCUT2D eigenvalue weighted by molar-refractivity contribution is -0.121. The van der Waals surface area contributed by atoms with Gasteiger partial charge in [-0.3, -0.25) is 19.9 Å². The highest BCUT2D eigenvalue weighted by Gasteiger charge is 2.37. The minimum absolute atomic E-state index is 0.0175. The number of hydrogen-bond donors (Lipinski definition) is 1. The smallest absolute Gasteiger partial charge is 0.261 e. The fourth-order valence-electron chi connectivity index (χ4n) is 5.65. The maximum absolute atomic E-state index is 11.1. The molecule has 0 unspecified atom stereocenters. The zero-order chi connectivity index (χ0) is 33.7. The molecule has 0 aromatic heterocycles. The minimum atomic E-state index is -3.61. The molecule has 3 aliphatic rings. The fraction of sp³-hybridized carbons (Fsp3) is 0.457. The molecule has 3 aliphatic heterocycles. The first-order chi connectivity index (χ1) is 22.6. The molecular formula is C35H46ClN3O7S. The summed E-state index contributed by atoms with van der Waals surface area (Å²) in [6.45, 7) is 7.78. The standard InChI is InChI=1S/C15H22N2O2.C13H17NO2.C7H7ClO3S/c1-18-14-4-2-13(3-5-14)12-17-9-6-15(7-10-17)16-8-11-19-15;1-16-13-4-2-11(3-5-13)10-14-8-6-12(15)7-9-14;1-11-6-2-4-7(5-3-6)12(8,9)10/h2-5,16H,6-12H2,1H3;2-5H,6-10H2,1H3;2-5H,1H3. The molecule has 1 spiro atoms. The topological polar surface area (TPSA) is 107 Å². The Morgan fingerprint density at radius 3 is 1.53 bits per heavy atom. The van der Waals surface area contributed by atoms with Gasteiger partial charge in [0.25, 0.3) is 9.05 Å². The second kappa shape index (κ2) is 17.8. The summed E-state index contributed by atoms with van der Waals surface area (Å²) < 4.78 is 42.5. The molecule has 0 saturated carbocycles. The number of rotatable bonds is 8. The van der Waals surface area contributed by atoms with Crippen LogP contribution in [0.25, 0.3) is 0 Å². The predicted molar refractivity (Wildman–Crippen MR) is 183 cm³/mol. The first kappa shape index (κ1) is 36.6. The van der Waals surface area contributed by atoms with Gasteiger partial charge in [-0.05, 0) is 59.7 Å². The number of methoxy groups -OCH3 is 3. The van der Waals surface area contributed by atoms with Crippen LogP contribution in [-0.4, -0.2) is 90.4 Å². The van der Waals surface area contributed by atoms with E-state index in [1.54, 1.807) is 14.2 Å². The number of halogens is 1. The van der Waals surface area contributed by atoms with Crippen LogP contribution in [0.4, 0.5) is 0 Å². The van der Waals surface area contributed by atoms with E-state index in [4.69, 9.17) is 29.6 Å². The molecule has 3 fully saturated rings. The second-order valence-corrected chi connectivity index (χ2v) is 14.2. The molecule has 0 atom stereocenters. The van der Waals surface area contributed by atoms with Gasteiger partial charge >= 0.3 is 0 Å². The molecule has 0 radical (unpaired) electrons. The van der Waals surface area contributed by atoms with Crippen LogP contribution < -0.4 is 19.5 Å². The molecule has 0 amide bonds. The SMILES string of the molecule is COc1ccc(CN2CCC(=O)CC2)cc1.COc1ccc(CN2CCC3(CC2)NCCO3)cc1.COc1ccc(S(=O)(=O)Cl)cc1. The van der Waals surface area contributed by atoms with Gasteiger partial charge in [-0.1, -0.05) is 24.3 Å². The van der Waals surface area contributed by atoms with Crippen LogP contribution in [0.3, 0.4) is 0 Å². The number of nitrogens with zero attached hydrogens (tertiary/aromatic N) is 2. The Kier molecular flexibility index (Phi) is 13.9. The molecule has 3 heterocycles. The van der Waals surface area contributed by atoms with Crippen molar-refractivity contribution in [2.75, 3.05) is 60.7 Å². The van der Waals surface area contributed by atoms with Gasteiger partial charge in [0.1, 0.15) is 28.8 Å². The molecule has 47 heavy (non-hydrogen) atoms. The van der Waals surface area contributed by atoms with Gasteiger partial charge in [0, 0.05) is 82.2 Å². The van der Waals surface area contributed by atoms with Gasteiger partial charge in [0.15, 0.2) is 0 Å². The highest BCUT2D eigenvalue weighted by atomic mass is 35.7. The van der Waals surface area contributed by atoms with Crippen molar-refractivity contribution in [3.8, 4) is 17.2 Å². The second-order valence-electron chi connectivity index (χ2n) is 11.7. The molecule has 256 valence electrons. The van der Waals surface area contributed by atoms with Crippen LogP contribution in [-0.2, 0) is 31.7 Å². The van der Waals surface area contributed by atoms with E-state index in [2.05, 4.69) is 39.4 Å². The van der Waals surface area contributed by atoms with Gasteiger partial charge in [-0.25, -0.2) is 8.42 Å². The van der Waals surface area contributed by atoms with Crippen molar-refractivity contribution in [1.29, 1.82) is 0 Å². The van der Waals surface area contributed by atoms with E-state index >= 15 is 0 Å². The number of benzene rings is 3. The Morgan fingerprint density at radius 2 is 1.15 bits per heavy atom. The van der Waals surface area contributed by atoms with Gasteiger partial charge in [-0.15, -0.1) is 0 Å². The summed E-state index contributed by atoms with van der Waals surface area (Å²) in [4.78, 5) is 16.0. The number of carbonyl (C=O) groups is 1. The summed E-state index contributed by atoms with van der Waals surface area (Å²) in [6.07, 6.45) is 3.58. The van der Waals surface area contributed by atoms with Crippen molar-refractivity contribution < 1.29 is 32.2 Å². The Labute approximate surface area is 283 Å². The van der Waals surface area contributed by atoms with Crippen molar-refractivity contribution in [3.63, 3.8) is 0 Å². The largest absolute Gasteiger partial charge is 0.497 e. The van der Waals surface area contributed by atoms with E-state index in [9.17, 15) is 13.2 Å². The summed E-state index contributed by atoms with van der Waals surface area (Å²) >= 11 is 0. The van der Waals surface area contributed by atoms with E-state index in [1.165, 1.54) is 42.5 Å². The van der Waals surface area contributed by atoms with Crippen molar-refractivity contribution in [3.05, 3.63) is 83.9 Å². The summed E-state index contributed by atoms with van der Waals surface area (Å²) in [5, 5.41) is 3.51. The van der Waals surface area contributed by atoms with Gasteiger partial charge in [-0.2, -0.15) is 0 Å². The van der Waals surface area contributed by atoms with Crippen molar-refractivity contribution in [1.82, 2.24) is 15.1 Å². The van der Waals surface area contributed by atoms with E-state index < -0.39 is 9.05 Å². The molecule has 3 saturated heterocycles. The lowest BCUT2D eigenvalue weighted by Crippen LogP contribution is -2.50. The number of ketones is 1. The molecule has 3 aromatic carbocycles. The molecule has 10 nitrogen and oxygen atoms in total. The number of carbonyl (C=O) groups excluding carboxylic acids is 1. The number of Topliss-reactive ketones (excluding diaryl/α,β-unsaturated/α-hetero) is 1. The molecule has 1 N–H and O–H groups in total. The first-order valence-electron chi connectivity index (χ1n) is 15.8. The summed E-state index contributed by atoms with van der Waals surface area (Å²) in [5.74, 6) is 2.80. The third-order valence-electron chi connectivity index (χ3n) is 8.48. The lowest BCUT2D eigenvalue weighted by Gasteiger charge is -2.38. The zero-order valence-corrected chi connectivity index (χ0v) is 29.0. The summed E-state index contributed by atoms with van der Waals surface area (Å²) in [5.41, 5.74) is 2.60. The summed E-state index contributed by atoms with van der Waals surface area (Å²) in [7, 11) is 6.35. The normalized spacial score (nSPS) is 18.0. The van der Waals surface area contributed by atoms with Crippen LogP contribution in [0.5, 0.6) is 17.2 Å². The highest BCUT2D eigenvalue weighted by Crippen LogP contribution is 2.27. The third kappa shape index (κ3) is 11.8. The number of ether oxygens (including phenoxy) is 4. The zero-order valence-electron chi connectivity index (χ0n) is 27.5. The molecule has 12 heteroatoms. The fourth-order valence-corrected chi connectivity index (χ4v) is 6.42. The Morgan fingerprint density at radius 1 is 0.723 bits per heavy atom. The predicted octanol–water partition coefficient (Wildman–Crippen LogP) is 5.09. The number of nitrogens with one attached hydrogen (secondary N) is 1. The van der Waals surface area contributed by atoms with Crippen LogP contribution in [0.2, 0.25) is 0 Å². The average Bonchev–Trinajstić information content (AvgIpc) is 3.55. The molecule has 6 rings (SSSR count). The maximum atomic E-state index is 11.1. The van der Waals surface area contributed by atoms with Gasteiger partial charge in [0.2, 0.25) is 0 Å². The van der Waals surface area contributed by atoms with E-state index in [0.717, 1.165) is 76.8 Å². The van der Waals surface area contributed by atoms with E-state index in [-0.39, 0.29) is 10.6 Å². The highest BCUT2D eigenvalue weighted by molar-refractivity contribution is 8.13. The number of likely N-dealkylation sites (tertiary alicyclic amines) is 2. The van der Waals surface area contributed by atoms with Crippen LogP contribution in [0.15, 0.2) is 77.7 Å². The van der Waals surface area contributed by atoms with Crippen molar-refractivity contribution in [2.24, 2.45) is 0 Å². The molecule has 0 bridgehead atoms. The summed E-state index contributed by atoms with van der Waals surface area (Å²) in [6, 6.07) is 22.3. The Hall–Kier alpha value is -3.19. The van der Waals surface area contributed by atoms with E-state index in [0.29, 0.717) is 24.4 Å². The molecular weight excluding hydrogens is 642 g/mol. The minimum Gasteiger partial charge on any atom is -0.497 e. The van der Waals surface area contributed by atoms with Gasteiger partial charge in [0.05, 0.1) is 32.8 Å². The first-order valence-corrected chi connectivity index (χ1v) is 18.1. The van der Waals surface area contributed by atoms with Crippen molar-refractivity contribution >= 4 is 25.5 Å². The van der Waals surface area contributed by atoms with Crippen LogP contribution in [0, 0.1) is 0 Å². The van der Waals surface area contributed by atoms with Crippen LogP contribution >= 0.6 is 10.7 Å². The van der Waals surface area contributed by atoms with Crippen LogP contribution in [0.1, 0.15) is 36.8 Å². The monoisotopic (exact) mass is 687 g/mol. The average molecular weight is 688 g/mol. The number of piperidine rings is 2.